The minimum absolute atomic E-state index is 0.0570. The molecule has 2 heterocycles. The fourth-order valence-electron chi connectivity index (χ4n) is 1.90. The van der Waals surface area contributed by atoms with Crippen LogP contribution in [0.2, 0.25) is 0 Å². The van der Waals surface area contributed by atoms with E-state index in [4.69, 9.17) is 0 Å². The van der Waals surface area contributed by atoms with Crippen LogP contribution in [0.5, 0.6) is 0 Å². The normalized spacial score (nSPS) is 17.2. The maximum Gasteiger partial charge on any atom is 0.291 e. The molecular formula is C13H20N4O. The van der Waals surface area contributed by atoms with Gasteiger partial charge in [-0.1, -0.05) is 13.8 Å². The molecule has 0 radical (unpaired) electrons. The molecule has 0 aliphatic carbocycles. The smallest absolute Gasteiger partial charge is 0.291 e. The lowest BCUT2D eigenvalue weighted by molar-refractivity contribution is 0.0651. The van der Waals surface area contributed by atoms with E-state index in [0.29, 0.717) is 11.7 Å². The van der Waals surface area contributed by atoms with Gasteiger partial charge in [0.05, 0.1) is 0 Å². The maximum atomic E-state index is 12.2. The summed E-state index contributed by atoms with van der Waals surface area (Å²) in [5, 5.41) is 0. The van der Waals surface area contributed by atoms with Gasteiger partial charge in [-0.05, 0) is 18.5 Å². The summed E-state index contributed by atoms with van der Waals surface area (Å²) in [5.74, 6) is 0.639. The summed E-state index contributed by atoms with van der Waals surface area (Å²) >= 11 is 0. The zero-order valence-electron chi connectivity index (χ0n) is 11.3. The van der Waals surface area contributed by atoms with Crippen LogP contribution in [0.15, 0.2) is 12.4 Å². The Morgan fingerprint density at radius 3 is 2.22 bits per heavy atom. The third-order valence-electron chi connectivity index (χ3n) is 3.32. The van der Waals surface area contributed by atoms with Crippen LogP contribution in [-0.2, 0) is 0 Å². The van der Waals surface area contributed by atoms with Crippen molar-refractivity contribution in [2.24, 2.45) is 0 Å². The highest BCUT2D eigenvalue weighted by atomic mass is 16.2. The van der Waals surface area contributed by atoms with Gasteiger partial charge in [-0.15, -0.1) is 0 Å². The number of amides is 1. The fourth-order valence-corrected chi connectivity index (χ4v) is 1.90. The molecule has 0 spiro atoms. The number of piperazine rings is 1. The summed E-state index contributed by atoms with van der Waals surface area (Å²) < 4.78 is 0. The number of carbonyl (C=O) groups is 1. The van der Waals surface area contributed by atoms with Crippen LogP contribution < -0.4 is 0 Å². The van der Waals surface area contributed by atoms with E-state index in [1.54, 1.807) is 12.4 Å². The number of aromatic nitrogens is 2. The molecule has 1 saturated heterocycles. The molecule has 0 aromatic carbocycles. The van der Waals surface area contributed by atoms with Crippen LogP contribution >= 0.6 is 0 Å². The quantitative estimate of drug-likeness (QED) is 0.783. The number of hydrogen-bond acceptors (Lipinski definition) is 4. The van der Waals surface area contributed by atoms with Crippen LogP contribution in [-0.4, -0.2) is 58.9 Å². The molecule has 1 aliphatic rings. The first-order valence-electron chi connectivity index (χ1n) is 6.37. The molecule has 5 nitrogen and oxygen atoms in total. The molecule has 5 heteroatoms. The van der Waals surface area contributed by atoms with Crippen molar-refractivity contribution in [3.05, 3.63) is 23.8 Å². The Bertz CT molecular complexity index is 408. The first-order chi connectivity index (χ1) is 8.58. The Labute approximate surface area is 108 Å². The molecule has 18 heavy (non-hydrogen) atoms. The summed E-state index contributed by atoms with van der Waals surface area (Å²) in [7, 11) is 2.07. The van der Waals surface area contributed by atoms with E-state index in [2.05, 4.69) is 35.8 Å². The van der Waals surface area contributed by atoms with Gasteiger partial charge in [-0.2, -0.15) is 0 Å². The van der Waals surface area contributed by atoms with E-state index in [-0.39, 0.29) is 5.91 Å². The molecular weight excluding hydrogens is 228 g/mol. The van der Waals surface area contributed by atoms with E-state index >= 15 is 0 Å². The van der Waals surface area contributed by atoms with Crippen LogP contribution in [0.3, 0.4) is 0 Å². The molecule has 0 bridgehead atoms. The highest BCUT2D eigenvalue weighted by Gasteiger charge is 2.22. The van der Waals surface area contributed by atoms with Gasteiger partial charge >= 0.3 is 0 Å². The van der Waals surface area contributed by atoms with E-state index in [9.17, 15) is 4.79 Å². The van der Waals surface area contributed by atoms with Gasteiger partial charge in [0.2, 0.25) is 5.82 Å². The monoisotopic (exact) mass is 248 g/mol. The van der Waals surface area contributed by atoms with Crippen LogP contribution in [0, 0.1) is 0 Å². The van der Waals surface area contributed by atoms with Crippen molar-refractivity contribution in [2.45, 2.75) is 19.8 Å². The second-order valence-corrected chi connectivity index (χ2v) is 5.09. The van der Waals surface area contributed by atoms with Gasteiger partial charge in [-0.3, -0.25) is 4.79 Å². The van der Waals surface area contributed by atoms with Crippen molar-refractivity contribution in [3.8, 4) is 0 Å². The van der Waals surface area contributed by atoms with Crippen molar-refractivity contribution in [2.75, 3.05) is 33.2 Å². The van der Waals surface area contributed by atoms with E-state index in [0.717, 1.165) is 31.7 Å². The van der Waals surface area contributed by atoms with Gasteiger partial charge in [0.25, 0.3) is 5.91 Å². The standard InChI is InChI=1S/C13H20N4O/c1-10(2)11-8-14-12(15-9-11)13(18)17-6-4-16(3)5-7-17/h8-10H,4-7H2,1-3H3. The van der Waals surface area contributed by atoms with Crippen LogP contribution in [0.1, 0.15) is 35.9 Å². The Hall–Kier alpha value is -1.49. The molecule has 2 rings (SSSR count). The predicted molar refractivity (Wildman–Crippen MR) is 69.5 cm³/mol. The SMILES string of the molecule is CC(C)c1cnc(C(=O)N2CCN(C)CC2)nc1. The molecule has 0 saturated carbocycles. The molecule has 0 unspecified atom stereocenters. The highest BCUT2D eigenvalue weighted by molar-refractivity contribution is 5.90. The third-order valence-corrected chi connectivity index (χ3v) is 3.32. The molecule has 1 amide bonds. The first-order valence-corrected chi connectivity index (χ1v) is 6.37. The third kappa shape index (κ3) is 2.85. The lowest BCUT2D eigenvalue weighted by atomic mass is 10.1. The van der Waals surface area contributed by atoms with Gasteiger partial charge in [0, 0.05) is 38.6 Å². The Kier molecular flexibility index (Phi) is 3.91. The Morgan fingerprint density at radius 1 is 1.17 bits per heavy atom. The number of carbonyl (C=O) groups excluding carboxylic acids is 1. The summed E-state index contributed by atoms with van der Waals surface area (Å²) in [4.78, 5) is 24.6. The number of likely N-dealkylation sites (N-methyl/N-ethyl adjacent to an activating group) is 1. The average Bonchev–Trinajstić information content (AvgIpc) is 2.39. The number of rotatable bonds is 2. The minimum atomic E-state index is -0.0570. The molecule has 0 N–H and O–H groups in total. The second kappa shape index (κ2) is 5.44. The summed E-state index contributed by atoms with van der Waals surface area (Å²) in [6.07, 6.45) is 3.50. The number of hydrogen-bond donors (Lipinski definition) is 0. The van der Waals surface area contributed by atoms with Crippen LogP contribution in [0.25, 0.3) is 0 Å². The summed E-state index contributed by atoms with van der Waals surface area (Å²) in [6, 6.07) is 0. The Morgan fingerprint density at radius 2 is 1.72 bits per heavy atom. The molecule has 98 valence electrons. The maximum absolute atomic E-state index is 12.2. The molecule has 0 atom stereocenters. The molecule has 1 aliphatic heterocycles. The lowest BCUT2D eigenvalue weighted by Crippen LogP contribution is -2.47. The van der Waals surface area contributed by atoms with E-state index in [1.165, 1.54) is 0 Å². The minimum Gasteiger partial charge on any atom is -0.333 e. The van der Waals surface area contributed by atoms with Crippen molar-refractivity contribution in [1.82, 2.24) is 19.8 Å². The zero-order chi connectivity index (χ0) is 13.1. The summed E-state index contributed by atoms with van der Waals surface area (Å²) in [6.45, 7) is 7.50. The van der Waals surface area contributed by atoms with E-state index in [1.807, 2.05) is 4.90 Å². The van der Waals surface area contributed by atoms with Gasteiger partial charge < -0.3 is 9.80 Å². The van der Waals surface area contributed by atoms with Crippen molar-refractivity contribution in [1.29, 1.82) is 0 Å². The molecule has 1 aromatic rings. The Balaban J connectivity index is 2.04. The van der Waals surface area contributed by atoms with Gasteiger partial charge in [0.15, 0.2) is 0 Å². The summed E-state index contributed by atoms with van der Waals surface area (Å²) in [5.41, 5.74) is 1.06. The van der Waals surface area contributed by atoms with E-state index < -0.39 is 0 Å². The van der Waals surface area contributed by atoms with Crippen LogP contribution in [0.4, 0.5) is 0 Å². The molecule has 1 aromatic heterocycles. The number of nitrogens with zero attached hydrogens (tertiary/aromatic N) is 4. The van der Waals surface area contributed by atoms with Gasteiger partial charge in [0.1, 0.15) is 0 Å². The van der Waals surface area contributed by atoms with Gasteiger partial charge in [-0.25, -0.2) is 9.97 Å². The fraction of sp³-hybridized carbons (Fsp3) is 0.615. The lowest BCUT2D eigenvalue weighted by Gasteiger charge is -2.31. The topological polar surface area (TPSA) is 49.3 Å². The molecule has 1 fully saturated rings. The largest absolute Gasteiger partial charge is 0.333 e. The average molecular weight is 248 g/mol. The van der Waals surface area contributed by atoms with Crippen molar-refractivity contribution >= 4 is 5.91 Å². The second-order valence-electron chi connectivity index (χ2n) is 5.09. The van der Waals surface area contributed by atoms with Crippen molar-refractivity contribution < 1.29 is 4.79 Å². The van der Waals surface area contributed by atoms with Crippen molar-refractivity contribution in [3.63, 3.8) is 0 Å². The predicted octanol–water partition coefficient (Wildman–Crippen LogP) is 0.988. The zero-order valence-corrected chi connectivity index (χ0v) is 11.3. The first kappa shape index (κ1) is 13.0. The highest BCUT2D eigenvalue weighted by Crippen LogP contribution is 2.12.